The van der Waals surface area contributed by atoms with Crippen LogP contribution in [-0.2, 0) is 4.79 Å². The van der Waals surface area contributed by atoms with E-state index >= 15 is 0 Å². The van der Waals surface area contributed by atoms with Gasteiger partial charge in [-0.3, -0.25) is 9.69 Å². The van der Waals surface area contributed by atoms with Crippen molar-refractivity contribution in [1.82, 2.24) is 4.90 Å². The first-order valence-electron chi connectivity index (χ1n) is 9.07. The average molecular weight is 372 g/mol. The fraction of sp³-hybridized carbons (Fsp3) is 0.381. The Bertz CT molecular complexity index is 785. The molecule has 3 rings (SSSR count). The molecular formula is C21H26ClN3O. The van der Waals surface area contributed by atoms with Crippen LogP contribution < -0.4 is 10.2 Å². The van der Waals surface area contributed by atoms with Crippen LogP contribution in [0.1, 0.15) is 18.1 Å². The van der Waals surface area contributed by atoms with E-state index in [1.165, 1.54) is 0 Å². The molecule has 0 aliphatic carbocycles. The molecule has 0 bridgehead atoms. The number of carbonyl (C=O) groups is 1. The molecule has 1 heterocycles. The van der Waals surface area contributed by atoms with Gasteiger partial charge in [0, 0.05) is 42.6 Å². The number of hydrogen-bond acceptors (Lipinski definition) is 3. The van der Waals surface area contributed by atoms with Crippen molar-refractivity contribution in [2.75, 3.05) is 36.4 Å². The second kappa shape index (κ2) is 8.11. The van der Waals surface area contributed by atoms with Crippen molar-refractivity contribution in [3.8, 4) is 0 Å². The van der Waals surface area contributed by atoms with E-state index in [9.17, 15) is 4.79 Å². The van der Waals surface area contributed by atoms with Gasteiger partial charge < -0.3 is 10.2 Å². The van der Waals surface area contributed by atoms with E-state index in [4.69, 9.17) is 11.6 Å². The van der Waals surface area contributed by atoms with Crippen LogP contribution in [0.25, 0.3) is 0 Å². The number of carbonyl (C=O) groups excluding carboxylic acids is 1. The van der Waals surface area contributed by atoms with Crippen LogP contribution in [0.3, 0.4) is 0 Å². The number of rotatable bonds is 4. The molecule has 1 atom stereocenters. The predicted octanol–water partition coefficient (Wildman–Crippen LogP) is 4.11. The average Bonchev–Trinajstić information content (AvgIpc) is 2.64. The summed E-state index contributed by atoms with van der Waals surface area (Å²) in [6, 6.07) is 13.9. The van der Waals surface area contributed by atoms with Gasteiger partial charge >= 0.3 is 0 Å². The monoisotopic (exact) mass is 371 g/mol. The van der Waals surface area contributed by atoms with Crippen molar-refractivity contribution in [3.05, 3.63) is 58.6 Å². The number of piperazine rings is 1. The lowest BCUT2D eigenvalue weighted by atomic mass is 10.1. The Morgan fingerprint density at radius 3 is 2.50 bits per heavy atom. The molecule has 2 aromatic rings. The summed E-state index contributed by atoms with van der Waals surface area (Å²) in [5.74, 6) is 0.0508. The molecule has 0 spiro atoms. The number of anilines is 2. The second-order valence-corrected chi connectivity index (χ2v) is 7.42. The van der Waals surface area contributed by atoms with Crippen LogP contribution in [0.4, 0.5) is 11.4 Å². The molecular weight excluding hydrogens is 346 g/mol. The van der Waals surface area contributed by atoms with Gasteiger partial charge in [0.15, 0.2) is 0 Å². The van der Waals surface area contributed by atoms with Gasteiger partial charge in [-0.2, -0.15) is 0 Å². The van der Waals surface area contributed by atoms with E-state index in [1.807, 2.05) is 51.1 Å². The molecule has 0 saturated carbocycles. The molecule has 0 aromatic heterocycles. The van der Waals surface area contributed by atoms with Crippen LogP contribution in [0.5, 0.6) is 0 Å². The van der Waals surface area contributed by atoms with Crippen molar-refractivity contribution in [3.63, 3.8) is 0 Å². The molecule has 1 saturated heterocycles. The molecule has 1 unspecified atom stereocenters. The maximum absolute atomic E-state index is 12.7. The number of nitrogens with one attached hydrogen (secondary N) is 1. The first-order chi connectivity index (χ1) is 12.4. The lowest BCUT2D eigenvalue weighted by Gasteiger charge is -2.38. The Labute approximate surface area is 160 Å². The third-order valence-corrected chi connectivity index (χ3v) is 5.30. The highest BCUT2D eigenvalue weighted by molar-refractivity contribution is 6.30. The molecule has 4 nitrogen and oxygen atoms in total. The van der Waals surface area contributed by atoms with Gasteiger partial charge in [-0.15, -0.1) is 0 Å². The summed E-state index contributed by atoms with van der Waals surface area (Å²) < 4.78 is 0. The molecule has 5 heteroatoms. The maximum Gasteiger partial charge on any atom is 0.241 e. The summed E-state index contributed by atoms with van der Waals surface area (Å²) in [7, 11) is 0. The lowest BCUT2D eigenvalue weighted by molar-refractivity contribution is -0.120. The summed E-state index contributed by atoms with van der Waals surface area (Å²) in [5.41, 5.74) is 4.28. The summed E-state index contributed by atoms with van der Waals surface area (Å²) in [4.78, 5) is 17.2. The third-order valence-electron chi connectivity index (χ3n) is 5.07. The van der Waals surface area contributed by atoms with Crippen molar-refractivity contribution in [1.29, 1.82) is 0 Å². The van der Waals surface area contributed by atoms with Crippen molar-refractivity contribution < 1.29 is 4.79 Å². The molecule has 1 N–H and O–H groups in total. The smallest absolute Gasteiger partial charge is 0.241 e. The number of halogens is 1. The summed E-state index contributed by atoms with van der Waals surface area (Å²) in [6.07, 6.45) is 0. The van der Waals surface area contributed by atoms with Crippen LogP contribution in [-0.4, -0.2) is 43.0 Å². The minimum atomic E-state index is -0.156. The second-order valence-electron chi connectivity index (χ2n) is 6.99. The van der Waals surface area contributed by atoms with Gasteiger partial charge in [0.1, 0.15) is 0 Å². The number of aryl methyl sites for hydroxylation is 2. The number of nitrogens with zero attached hydrogens (tertiary/aromatic N) is 2. The van der Waals surface area contributed by atoms with E-state index in [2.05, 4.69) is 27.2 Å². The van der Waals surface area contributed by atoms with Crippen LogP contribution in [0.2, 0.25) is 5.02 Å². The SMILES string of the molecule is Cc1ccc(C)c(NC(=O)C(C)N2CCN(c3cccc(Cl)c3)CC2)c1. The molecule has 1 aliphatic rings. The lowest BCUT2D eigenvalue weighted by Crippen LogP contribution is -2.52. The van der Waals surface area contributed by atoms with Crippen LogP contribution in [0.15, 0.2) is 42.5 Å². The molecule has 2 aromatic carbocycles. The molecule has 138 valence electrons. The van der Waals surface area contributed by atoms with Gasteiger partial charge in [-0.25, -0.2) is 0 Å². The largest absolute Gasteiger partial charge is 0.369 e. The molecule has 26 heavy (non-hydrogen) atoms. The van der Waals surface area contributed by atoms with Gasteiger partial charge in [0.05, 0.1) is 6.04 Å². The van der Waals surface area contributed by atoms with E-state index in [0.717, 1.165) is 53.7 Å². The summed E-state index contributed by atoms with van der Waals surface area (Å²) >= 11 is 6.10. The van der Waals surface area contributed by atoms with Crippen molar-refractivity contribution >= 4 is 28.9 Å². The minimum Gasteiger partial charge on any atom is -0.369 e. The van der Waals surface area contributed by atoms with Crippen LogP contribution >= 0.6 is 11.6 Å². The van der Waals surface area contributed by atoms with E-state index in [-0.39, 0.29) is 11.9 Å². The Balaban J connectivity index is 1.58. The van der Waals surface area contributed by atoms with Crippen molar-refractivity contribution in [2.24, 2.45) is 0 Å². The van der Waals surface area contributed by atoms with Crippen LogP contribution in [0, 0.1) is 13.8 Å². The molecule has 1 amide bonds. The zero-order chi connectivity index (χ0) is 18.7. The normalized spacial score (nSPS) is 16.4. The fourth-order valence-corrected chi connectivity index (χ4v) is 3.50. The standard InChI is InChI=1S/C21H26ClN3O/c1-15-7-8-16(2)20(13-15)23-21(26)17(3)24-9-11-25(12-10-24)19-6-4-5-18(22)14-19/h4-8,13-14,17H,9-12H2,1-3H3,(H,23,26). The zero-order valence-electron chi connectivity index (χ0n) is 15.6. The molecule has 1 fully saturated rings. The summed E-state index contributed by atoms with van der Waals surface area (Å²) in [5, 5.41) is 3.84. The topological polar surface area (TPSA) is 35.6 Å². The van der Waals surface area contributed by atoms with Gasteiger partial charge in [-0.05, 0) is 56.2 Å². The Morgan fingerprint density at radius 2 is 1.81 bits per heavy atom. The first kappa shape index (κ1) is 18.7. The van der Waals surface area contributed by atoms with Gasteiger partial charge in [0.2, 0.25) is 5.91 Å². The molecule has 1 aliphatic heterocycles. The zero-order valence-corrected chi connectivity index (χ0v) is 16.4. The van der Waals surface area contributed by atoms with Crippen molar-refractivity contribution in [2.45, 2.75) is 26.8 Å². The highest BCUT2D eigenvalue weighted by atomic mass is 35.5. The highest BCUT2D eigenvalue weighted by Crippen LogP contribution is 2.22. The fourth-order valence-electron chi connectivity index (χ4n) is 3.31. The van der Waals surface area contributed by atoms with Gasteiger partial charge in [0.25, 0.3) is 0 Å². The summed E-state index contributed by atoms with van der Waals surface area (Å²) in [6.45, 7) is 9.53. The maximum atomic E-state index is 12.7. The number of benzene rings is 2. The van der Waals surface area contributed by atoms with E-state index in [0.29, 0.717) is 0 Å². The third kappa shape index (κ3) is 4.37. The van der Waals surface area contributed by atoms with E-state index < -0.39 is 0 Å². The number of amides is 1. The van der Waals surface area contributed by atoms with E-state index in [1.54, 1.807) is 0 Å². The predicted molar refractivity (Wildman–Crippen MR) is 109 cm³/mol. The Hall–Kier alpha value is -2.04. The molecule has 0 radical (unpaired) electrons. The Kier molecular flexibility index (Phi) is 5.84. The Morgan fingerprint density at radius 1 is 1.08 bits per heavy atom. The first-order valence-corrected chi connectivity index (χ1v) is 9.44. The van der Waals surface area contributed by atoms with Gasteiger partial charge in [-0.1, -0.05) is 29.8 Å². The quantitative estimate of drug-likeness (QED) is 0.878. The highest BCUT2D eigenvalue weighted by Gasteiger charge is 2.26. The minimum absolute atomic E-state index is 0.0508. The number of hydrogen-bond donors (Lipinski definition) is 1.